The van der Waals surface area contributed by atoms with E-state index in [0.29, 0.717) is 0 Å². The zero-order valence-corrected chi connectivity index (χ0v) is 15.1. The fourth-order valence-corrected chi connectivity index (χ4v) is 4.48. The van der Waals surface area contributed by atoms with Crippen LogP contribution in [0.4, 0.5) is 11.4 Å². The third-order valence-corrected chi connectivity index (χ3v) is 5.69. The molecule has 1 unspecified atom stereocenters. The molecule has 4 heterocycles. The molecular formula is C18H23N5OS. The second kappa shape index (κ2) is 6.74. The van der Waals surface area contributed by atoms with Crippen LogP contribution < -0.4 is 21.3 Å². The molecule has 4 rings (SSSR count). The van der Waals surface area contributed by atoms with Crippen molar-refractivity contribution < 1.29 is 4.74 Å². The molecular weight excluding hydrogens is 334 g/mol. The fraction of sp³-hybridized carbons (Fsp3) is 0.389. The summed E-state index contributed by atoms with van der Waals surface area (Å²) < 4.78 is 5.50. The van der Waals surface area contributed by atoms with Crippen LogP contribution in [0.5, 0.6) is 0 Å². The molecule has 132 valence electrons. The molecule has 0 aromatic carbocycles. The second-order valence-electron chi connectivity index (χ2n) is 6.46. The van der Waals surface area contributed by atoms with Gasteiger partial charge in [-0.3, -0.25) is 4.98 Å². The number of methoxy groups -OCH3 is 1. The Morgan fingerprint density at radius 3 is 3.00 bits per heavy atom. The minimum atomic E-state index is -0.0445. The SMILES string of the molecule is COC1=CN(c2cnccc2N2CCC[C@H](N)C2)C2=CC(N)SC2=C1. The first kappa shape index (κ1) is 16.5. The van der Waals surface area contributed by atoms with Gasteiger partial charge in [-0.2, -0.15) is 0 Å². The van der Waals surface area contributed by atoms with Gasteiger partial charge < -0.3 is 26.0 Å². The Balaban J connectivity index is 1.75. The van der Waals surface area contributed by atoms with E-state index in [1.165, 1.54) is 0 Å². The summed E-state index contributed by atoms with van der Waals surface area (Å²) in [4.78, 5) is 9.97. The van der Waals surface area contributed by atoms with Crippen molar-refractivity contribution in [1.82, 2.24) is 4.98 Å². The van der Waals surface area contributed by atoms with Crippen molar-refractivity contribution in [2.45, 2.75) is 24.3 Å². The Hall–Kier alpha value is -1.96. The predicted molar refractivity (Wildman–Crippen MR) is 103 cm³/mol. The van der Waals surface area contributed by atoms with Crippen LogP contribution in [0.15, 0.2) is 53.2 Å². The van der Waals surface area contributed by atoms with Gasteiger partial charge in [-0.05, 0) is 31.1 Å². The third-order valence-electron chi connectivity index (χ3n) is 4.70. The molecule has 1 fully saturated rings. The standard InChI is InChI=1S/C18H23N5OS/c1-24-13-7-17-15(8-18(20)25-17)23(11-13)16-9-21-5-4-14(16)22-6-2-3-12(19)10-22/h4-5,7-9,11-12,18H,2-3,6,10,19-20H2,1H3/t12-,18?/m0/s1. The van der Waals surface area contributed by atoms with E-state index < -0.39 is 0 Å². The van der Waals surface area contributed by atoms with Crippen LogP contribution in [-0.4, -0.2) is 36.6 Å². The minimum absolute atomic E-state index is 0.0445. The van der Waals surface area contributed by atoms with Gasteiger partial charge in [-0.1, -0.05) is 0 Å². The highest BCUT2D eigenvalue weighted by atomic mass is 32.2. The van der Waals surface area contributed by atoms with Crippen LogP contribution in [0.3, 0.4) is 0 Å². The maximum absolute atomic E-state index is 6.20. The molecule has 3 aliphatic rings. The molecule has 0 bridgehead atoms. The molecule has 1 aromatic rings. The number of nitrogens with zero attached hydrogens (tertiary/aromatic N) is 3. The van der Waals surface area contributed by atoms with Crippen molar-refractivity contribution in [3.05, 3.63) is 53.2 Å². The molecule has 1 aromatic heterocycles. The molecule has 25 heavy (non-hydrogen) atoms. The summed E-state index contributed by atoms with van der Waals surface area (Å²) in [6.07, 6.45) is 12.0. The lowest BCUT2D eigenvalue weighted by Gasteiger charge is -2.36. The zero-order valence-electron chi connectivity index (χ0n) is 14.3. The Kier molecular flexibility index (Phi) is 4.45. The highest BCUT2D eigenvalue weighted by Gasteiger charge is 2.30. The minimum Gasteiger partial charge on any atom is -0.495 e. The summed E-state index contributed by atoms with van der Waals surface area (Å²) in [6.45, 7) is 1.87. The van der Waals surface area contributed by atoms with Gasteiger partial charge in [0.25, 0.3) is 0 Å². The number of hydrogen-bond donors (Lipinski definition) is 2. The lowest BCUT2D eigenvalue weighted by molar-refractivity contribution is 0.304. The average Bonchev–Trinajstić information content (AvgIpc) is 3.01. The Labute approximate surface area is 152 Å². The number of aromatic nitrogens is 1. The van der Waals surface area contributed by atoms with E-state index in [4.69, 9.17) is 16.2 Å². The summed E-state index contributed by atoms with van der Waals surface area (Å²) in [5, 5.41) is -0.0445. The van der Waals surface area contributed by atoms with Gasteiger partial charge in [0.1, 0.15) is 5.76 Å². The topological polar surface area (TPSA) is 80.6 Å². The van der Waals surface area contributed by atoms with Crippen LogP contribution in [0, 0.1) is 0 Å². The summed E-state index contributed by atoms with van der Waals surface area (Å²) in [5.41, 5.74) is 15.6. The number of allylic oxidation sites excluding steroid dienone is 1. The molecule has 0 saturated carbocycles. The first-order valence-electron chi connectivity index (χ1n) is 8.51. The monoisotopic (exact) mass is 357 g/mol. The van der Waals surface area contributed by atoms with Crippen molar-refractivity contribution in [1.29, 1.82) is 0 Å². The third kappa shape index (κ3) is 3.15. The lowest BCUT2D eigenvalue weighted by Crippen LogP contribution is -2.43. The smallest absolute Gasteiger partial charge is 0.136 e. The second-order valence-corrected chi connectivity index (χ2v) is 7.68. The summed E-state index contributed by atoms with van der Waals surface area (Å²) >= 11 is 1.64. The zero-order chi connectivity index (χ0) is 17.4. The van der Waals surface area contributed by atoms with Gasteiger partial charge in [-0.25, -0.2) is 0 Å². The van der Waals surface area contributed by atoms with Crippen molar-refractivity contribution in [2.24, 2.45) is 11.5 Å². The van der Waals surface area contributed by atoms with E-state index in [1.807, 2.05) is 24.7 Å². The summed E-state index contributed by atoms with van der Waals surface area (Å²) in [6, 6.07) is 2.28. The Bertz CT molecular complexity index is 760. The number of rotatable bonds is 3. The van der Waals surface area contributed by atoms with E-state index in [1.54, 1.807) is 18.9 Å². The van der Waals surface area contributed by atoms with Crippen molar-refractivity contribution in [3.63, 3.8) is 0 Å². The maximum atomic E-state index is 6.20. The number of thioether (sulfide) groups is 1. The Morgan fingerprint density at radius 1 is 1.32 bits per heavy atom. The summed E-state index contributed by atoms with van der Waals surface area (Å²) in [5.74, 6) is 0.805. The van der Waals surface area contributed by atoms with Gasteiger partial charge in [0.05, 0.1) is 42.0 Å². The normalized spacial score (nSPS) is 26.0. The van der Waals surface area contributed by atoms with Gasteiger partial charge in [-0.15, -0.1) is 11.8 Å². The molecule has 1 saturated heterocycles. The van der Waals surface area contributed by atoms with Crippen LogP contribution in [0.1, 0.15) is 12.8 Å². The first-order chi connectivity index (χ1) is 12.2. The van der Waals surface area contributed by atoms with Crippen molar-refractivity contribution in [2.75, 3.05) is 30.0 Å². The largest absolute Gasteiger partial charge is 0.495 e. The average molecular weight is 357 g/mol. The number of anilines is 2. The molecule has 7 heteroatoms. The predicted octanol–water partition coefficient (Wildman–Crippen LogP) is 2.12. The van der Waals surface area contributed by atoms with E-state index in [-0.39, 0.29) is 11.4 Å². The van der Waals surface area contributed by atoms with Crippen molar-refractivity contribution in [3.8, 4) is 0 Å². The first-order valence-corrected chi connectivity index (χ1v) is 9.39. The maximum Gasteiger partial charge on any atom is 0.136 e. The lowest BCUT2D eigenvalue weighted by atomic mass is 10.1. The van der Waals surface area contributed by atoms with E-state index >= 15 is 0 Å². The van der Waals surface area contributed by atoms with Gasteiger partial charge in [0.15, 0.2) is 0 Å². The molecule has 4 N–H and O–H groups in total. The fourth-order valence-electron chi connectivity index (χ4n) is 3.52. The van der Waals surface area contributed by atoms with E-state index in [9.17, 15) is 0 Å². The highest BCUT2D eigenvalue weighted by molar-refractivity contribution is 8.04. The highest BCUT2D eigenvalue weighted by Crippen LogP contribution is 2.44. The molecule has 6 nitrogen and oxygen atoms in total. The molecule has 3 aliphatic heterocycles. The van der Waals surface area contributed by atoms with Crippen LogP contribution in [-0.2, 0) is 4.74 Å². The summed E-state index contributed by atoms with van der Waals surface area (Å²) in [7, 11) is 1.68. The quantitative estimate of drug-likeness (QED) is 0.857. The number of fused-ring (bicyclic) bond motifs is 1. The number of piperidine rings is 1. The van der Waals surface area contributed by atoms with Crippen LogP contribution in [0.2, 0.25) is 0 Å². The number of hydrogen-bond acceptors (Lipinski definition) is 7. The number of nitrogens with two attached hydrogens (primary N) is 2. The number of ether oxygens (including phenoxy) is 1. The molecule has 2 atom stereocenters. The van der Waals surface area contributed by atoms with Crippen LogP contribution in [0.25, 0.3) is 0 Å². The van der Waals surface area contributed by atoms with Gasteiger partial charge >= 0.3 is 0 Å². The van der Waals surface area contributed by atoms with Crippen LogP contribution >= 0.6 is 11.8 Å². The van der Waals surface area contributed by atoms with Gasteiger partial charge in [0.2, 0.25) is 0 Å². The molecule has 0 spiro atoms. The molecule has 0 amide bonds. The number of pyridine rings is 1. The van der Waals surface area contributed by atoms with Crippen molar-refractivity contribution >= 4 is 23.1 Å². The van der Waals surface area contributed by atoms with E-state index in [2.05, 4.69) is 26.9 Å². The van der Waals surface area contributed by atoms with Gasteiger partial charge in [0, 0.05) is 30.2 Å². The van der Waals surface area contributed by atoms with E-state index in [0.717, 1.165) is 53.7 Å². The molecule has 0 radical (unpaired) electrons. The Morgan fingerprint density at radius 2 is 2.20 bits per heavy atom. The molecule has 0 aliphatic carbocycles.